The molecule has 1 aliphatic heterocycles. The summed E-state index contributed by atoms with van der Waals surface area (Å²) < 4.78 is 5.41. The summed E-state index contributed by atoms with van der Waals surface area (Å²) in [6.45, 7) is 3.14. The molecule has 1 saturated heterocycles. The highest BCUT2D eigenvalue weighted by Crippen LogP contribution is 2.25. The fourth-order valence-corrected chi connectivity index (χ4v) is 1.71. The molecule has 2 rings (SSSR count). The molecule has 0 aromatic carbocycles. The molecule has 1 aliphatic rings. The van der Waals surface area contributed by atoms with E-state index >= 15 is 0 Å². The Morgan fingerprint density at radius 1 is 1.61 bits per heavy atom. The summed E-state index contributed by atoms with van der Waals surface area (Å²) >= 11 is 0. The van der Waals surface area contributed by atoms with E-state index in [4.69, 9.17) is 10.5 Å². The molecule has 18 heavy (non-hydrogen) atoms. The van der Waals surface area contributed by atoms with Gasteiger partial charge in [0.05, 0.1) is 12.6 Å². The minimum absolute atomic E-state index is 0.00808. The van der Waals surface area contributed by atoms with Gasteiger partial charge in [-0.2, -0.15) is 4.98 Å². The van der Waals surface area contributed by atoms with Crippen LogP contribution in [0, 0.1) is 0 Å². The summed E-state index contributed by atoms with van der Waals surface area (Å²) in [5.74, 6) is 0.923. The molecular formula is C11H17N5O2. The molecule has 1 aromatic heterocycles. The predicted octanol–water partition coefficient (Wildman–Crippen LogP) is 0.148. The first-order valence-electron chi connectivity index (χ1n) is 5.97. The van der Waals surface area contributed by atoms with E-state index in [9.17, 15) is 4.79 Å². The van der Waals surface area contributed by atoms with E-state index in [1.54, 1.807) is 0 Å². The monoisotopic (exact) mass is 251 g/mol. The van der Waals surface area contributed by atoms with Crippen LogP contribution in [0.5, 0.6) is 5.88 Å². The number of nitrogen functional groups attached to an aromatic ring is 1. The zero-order chi connectivity index (χ0) is 13.0. The van der Waals surface area contributed by atoms with Crippen LogP contribution in [0.15, 0.2) is 6.33 Å². The Bertz CT molecular complexity index is 437. The van der Waals surface area contributed by atoms with Crippen molar-refractivity contribution in [3.63, 3.8) is 0 Å². The third kappa shape index (κ3) is 2.79. The molecule has 0 radical (unpaired) electrons. The minimum Gasteiger partial charge on any atom is -0.476 e. The van der Waals surface area contributed by atoms with Crippen LogP contribution in [0.2, 0.25) is 0 Å². The van der Waals surface area contributed by atoms with Crippen molar-refractivity contribution in [1.29, 1.82) is 0 Å². The fourth-order valence-electron chi connectivity index (χ4n) is 1.71. The number of anilines is 2. The lowest BCUT2D eigenvalue weighted by molar-refractivity contribution is -0.119. The number of hydrogen-bond acceptors (Lipinski definition) is 6. The fraction of sp³-hybridized carbons (Fsp3) is 0.545. The third-order valence-corrected chi connectivity index (χ3v) is 2.61. The summed E-state index contributed by atoms with van der Waals surface area (Å²) in [7, 11) is 0. The third-order valence-electron chi connectivity index (χ3n) is 2.61. The molecule has 2 heterocycles. The van der Waals surface area contributed by atoms with Crippen molar-refractivity contribution < 1.29 is 9.53 Å². The van der Waals surface area contributed by atoms with Crippen LogP contribution >= 0.6 is 0 Å². The Hall–Kier alpha value is -2.05. The average molecular weight is 251 g/mol. The number of rotatable bonds is 5. The smallest absolute Gasteiger partial charge is 0.242 e. The zero-order valence-corrected chi connectivity index (χ0v) is 10.3. The van der Waals surface area contributed by atoms with Gasteiger partial charge in [-0.25, -0.2) is 4.98 Å². The van der Waals surface area contributed by atoms with Crippen molar-refractivity contribution in [2.45, 2.75) is 25.8 Å². The second kappa shape index (κ2) is 5.52. The molecule has 1 fully saturated rings. The molecule has 1 aromatic rings. The van der Waals surface area contributed by atoms with Gasteiger partial charge in [-0.05, 0) is 6.42 Å². The molecule has 1 atom stereocenters. The summed E-state index contributed by atoms with van der Waals surface area (Å²) in [6.07, 6.45) is 2.70. The Kier molecular flexibility index (Phi) is 3.81. The Labute approximate surface area is 105 Å². The van der Waals surface area contributed by atoms with Crippen molar-refractivity contribution in [2.75, 3.05) is 24.2 Å². The Morgan fingerprint density at radius 3 is 3.11 bits per heavy atom. The van der Waals surface area contributed by atoms with Crippen LogP contribution in [0.25, 0.3) is 0 Å². The van der Waals surface area contributed by atoms with E-state index < -0.39 is 0 Å². The van der Waals surface area contributed by atoms with Crippen molar-refractivity contribution >= 4 is 17.4 Å². The maximum atomic E-state index is 11.1. The number of aromatic nitrogens is 2. The highest BCUT2D eigenvalue weighted by atomic mass is 16.5. The summed E-state index contributed by atoms with van der Waals surface area (Å²) in [4.78, 5) is 19.2. The Balaban J connectivity index is 2.05. The van der Waals surface area contributed by atoms with Gasteiger partial charge < -0.3 is 21.1 Å². The van der Waals surface area contributed by atoms with Gasteiger partial charge in [0.1, 0.15) is 12.0 Å². The molecule has 0 aliphatic carbocycles. The van der Waals surface area contributed by atoms with E-state index in [1.165, 1.54) is 6.33 Å². The first kappa shape index (κ1) is 12.4. The highest BCUT2D eigenvalue weighted by Gasteiger charge is 2.22. The lowest BCUT2D eigenvalue weighted by Gasteiger charge is -2.14. The van der Waals surface area contributed by atoms with Crippen LogP contribution in [0.3, 0.4) is 0 Å². The standard InChI is InChI=1S/C11H17N5O2/c1-2-3-18-11-9(12)10(14-6-15-11)16-7-4-8(17)13-5-7/h6-7H,2-5,12H2,1H3,(H,13,17)(H,14,15,16). The number of nitrogens with zero attached hydrogens (tertiary/aromatic N) is 2. The number of nitrogens with one attached hydrogen (secondary N) is 2. The van der Waals surface area contributed by atoms with Gasteiger partial charge in [-0.15, -0.1) is 0 Å². The van der Waals surface area contributed by atoms with Gasteiger partial charge in [0, 0.05) is 13.0 Å². The van der Waals surface area contributed by atoms with Crippen molar-refractivity contribution in [2.24, 2.45) is 0 Å². The predicted molar refractivity (Wildman–Crippen MR) is 67.3 cm³/mol. The van der Waals surface area contributed by atoms with Crippen LogP contribution < -0.4 is 21.1 Å². The van der Waals surface area contributed by atoms with Crippen LogP contribution in [-0.2, 0) is 4.79 Å². The van der Waals surface area contributed by atoms with Gasteiger partial charge in [-0.1, -0.05) is 6.92 Å². The molecule has 4 N–H and O–H groups in total. The number of carbonyl (C=O) groups excluding carboxylic acids is 1. The molecular weight excluding hydrogens is 234 g/mol. The maximum absolute atomic E-state index is 11.1. The van der Waals surface area contributed by atoms with Crippen molar-refractivity contribution in [1.82, 2.24) is 15.3 Å². The lowest BCUT2D eigenvalue weighted by atomic mass is 10.2. The maximum Gasteiger partial charge on any atom is 0.242 e. The van der Waals surface area contributed by atoms with E-state index in [0.717, 1.165) is 6.42 Å². The lowest BCUT2D eigenvalue weighted by Crippen LogP contribution is -2.23. The summed E-state index contributed by atoms with van der Waals surface area (Å²) in [5, 5.41) is 5.86. The largest absolute Gasteiger partial charge is 0.476 e. The molecule has 1 unspecified atom stereocenters. The average Bonchev–Trinajstić information content (AvgIpc) is 2.76. The van der Waals surface area contributed by atoms with Gasteiger partial charge in [0.25, 0.3) is 0 Å². The highest BCUT2D eigenvalue weighted by molar-refractivity contribution is 5.80. The van der Waals surface area contributed by atoms with Crippen LogP contribution in [0.4, 0.5) is 11.5 Å². The van der Waals surface area contributed by atoms with Gasteiger partial charge in [0.2, 0.25) is 11.8 Å². The Morgan fingerprint density at radius 2 is 2.44 bits per heavy atom. The van der Waals surface area contributed by atoms with E-state index in [2.05, 4.69) is 20.6 Å². The van der Waals surface area contributed by atoms with Gasteiger partial charge in [0.15, 0.2) is 5.82 Å². The number of amides is 1. The first-order chi connectivity index (χ1) is 8.70. The van der Waals surface area contributed by atoms with E-state index in [0.29, 0.717) is 37.0 Å². The summed E-state index contributed by atoms with van der Waals surface area (Å²) in [5.41, 5.74) is 6.30. The second-order valence-corrected chi connectivity index (χ2v) is 4.14. The van der Waals surface area contributed by atoms with Crippen LogP contribution in [0.1, 0.15) is 19.8 Å². The molecule has 1 amide bonds. The number of nitrogens with two attached hydrogens (primary N) is 1. The van der Waals surface area contributed by atoms with E-state index in [-0.39, 0.29) is 11.9 Å². The molecule has 98 valence electrons. The van der Waals surface area contributed by atoms with E-state index in [1.807, 2.05) is 6.92 Å². The quantitative estimate of drug-likeness (QED) is 0.688. The normalized spacial score (nSPS) is 18.5. The second-order valence-electron chi connectivity index (χ2n) is 4.14. The number of ether oxygens (including phenoxy) is 1. The van der Waals surface area contributed by atoms with Crippen molar-refractivity contribution in [3.05, 3.63) is 6.33 Å². The summed E-state index contributed by atoms with van der Waals surface area (Å²) in [6, 6.07) is 0.00808. The minimum atomic E-state index is 0.00808. The molecule has 7 heteroatoms. The van der Waals surface area contributed by atoms with Gasteiger partial charge in [-0.3, -0.25) is 4.79 Å². The topological polar surface area (TPSA) is 102 Å². The molecule has 0 spiro atoms. The molecule has 0 bridgehead atoms. The van der Waals surface area contributed by atoms with Gasteiger partial charge >= 0.3 is 0 Å². The number of hydrogen-bond donors (Lipinski definition) is 3. The zero-order valence-electron chi connectivity index (χ0n) is 10.3. The SMILES string of the molecule is CCCOc1ncnc(NC2CNC(=O)C2)c1N. The molecule has 0 saturated carbocycles. The van der Waals surface area contributed by atoms with Crippen molar-refractivity contribution in [3.8, 4) is 5.88 Å². The number of carbonyl (C=O) groups is 1. The van der Waals surface area contributed by atoms with Crippen LogP contribution in [-0.4, -0.2) is 35.1 Å². The molecule has 7 nitrogen and oxygen atoms in total. The first-order valence-corrected chi connectivity index (χ1v) is 5.97.